The Bertz CT molecular complexity index is 918. The smallest absolute Gasteiger partial charge is 0.319 e. The molecule has 0 fully saturated rings. The lowest BCUT2D eigenvalue weighted by molar-refractivity contribution is -0.0330. The number of carbonyl (C=O) groups is 2. The molecule has 0 atom stereocenters. The van der Waals surface area contributed by atoms with E-state index in [1.807, 2.05) is 34.7 Å². The number of hydrogen-bond acceptors (Lipinski definition) is 6. The molecule has 6 N–H and O–H groups in total. The maximum absolute atomic E-state index is 12.3. The third-order valence-corrected chi connectivity index (χ3v) is 4.78. The fourth-order valence-electron chi connectivity index (χ4n) is 2.70. The number of aromatic nitrogens is 2. The van der Waals surface area contributed by atoms with Crippen LogP contribution in [0.3, 0.4) is 0 Å². The van der Waals surface area contributed by atoms with Gasteiger partial charge in [-0.05, 0) is 59.5 Å². The summed E-state index contributed by atoms with van der Waals surface area (Å²) >= 11 is 0. The minimum absolute atomic E-state index is 0.238. The molecule has 1 aromatic carbocycles. The van der Waals surface area contributed by atoms with Crippen molar-refractivity contribution in [1.82, 2.24) is 25.5 Å². The lowest BCUT2D eigenvalue weighted by Crippen LogP contribution is -2.46. The van der Waals surface area contributed by atoms with Crippen LogP contribution < -0.4 is 21.7 Å². The van der Waals surface area contributed by atoms with E-state index in [2.05, 4.69) is 37.7 Å². The number of benzene rings is 1. The number of carbonyl (C=O) groups excluding carboxylic acids is 2. The Morgan fingerprint density at radius 3 is 2.59 bits per heavy atom. The SMILES string of the molecule is CCN(C)CCNC(=O)c1nc2ccc(NC(=O)NCC(C)(C)OCC(C)(C)N)cc2[nH]1. The summed E-state index contributed by atoms with van der Waals surface area (Å²) in [7, 11) is 1.99. The molecule has 0 aliphatic carbocycles. The third-order valence-electron chi connectivity index (χ3n) is 4.78. The van der Waals surface area contributed by atoms with Gasteiger partial charge in [-0.3, -0.25) is 4.79 Å². The van der Waals surface area contributed by atoms with Gasteiger partial charge in [0.25, 0.3) is 5.91 Å². The van der Waals surface area contributed by atoms with Crippen molar-refractivity contribution in [2.75, 3.05) is 45.2 Å². The molecule has 0 unspecified atom stereocenters. The zero-order chi connectivity index (χ0) is 23.9. The Kier molecular flexibility index (Phi) is 8.59. The van der Waals surface area contributed by atoms with Gasteiger partial charge in [-0.15, -0.1) is 0 Å². The predicted octanol–water partition coefficient (Wildman–Crippen LogP) is 1.90. The fourth-order valence-corrected chi connectivity index (χ4v) is 2.70. The standard InChI is InChI=1S/C22H37N7O3/c1-7-29(6)11-10-24-19(30)18-27-16-9-8-15(12-17(16)28-18)26-20(31)25-13-22(4,5)32-14-21(2,3)23/h8-9,12H,7,10-11,13-14,23H2,1-6H3,(H,24,30)(H,27,28)(H2,25,26,31). The average Bonchev–Trinajstić information content (AvgIpc) is 3.14. The van der Waals surface area contributed by atoms with E-state index in [1.54, 1.807) is 18.2 Å². The van der Waals surface area contributed by atoms with Crippen LogP contribution >= 0.6 is 0 Å². The van der Waals surface area contributed by atoms with Gasteiger partial charge in [0, 0.05) is 30.9 Å². The summed E-state index contributed by atoms with van der Waals surface area (Å²) in [6, 6.07) is 4.87. The molecule has 0 saturated carbocycles. The van der Waals surface area contributed by atoms with Crippen molar-refractivity contribution >= 4 is 28.7 Å². The lowest BCUT2D eigenvalue weighted by Gasteiger charge is -2.30. The van der Waals surface area contributed by atoms with E-state index in [1.165, 1.54) is 0 Å². The van der Waals surface area contributed by atoms with E-state index >= 15 is 0 Å². The summed E-state index contributed by atoms with van der Waals surface area (Å²) in [6.07, 6.45) is 0. The molecule has 10 nitrogen and oxygen atoms in total. The van der Waals surface area contributed by atoms with Gasteiger partial charge >= 0.3 is 6.03 Å². The number of H-pyrrole nitrogens is 1. The van der Waals surface area contributed by atoms with Gasteiger partial charge in [0.15, 0.2) is 5.82 Å². The van der Waals surface area contributed by atoms with Crippen LogP contribution in [0.5, 0.6) is 0 Å². The molecule has 178 valence electrons. The number of likely N-dealkylation sites (N-methyl/N-ethyl adjacent to an activating group) is 1. The number of amides is 3. The van der Waals surface area contributed by atoms with E-state index in [0.29, 0.717) is 36.4 Å². The van der Waals surface area contributed by atoms with Crippen LogP contribution in [0.4, 0.5) is 10.5 Å². The molecular formula is C22H37N7O3. The van der Waals surface area contributed by atoms with Crippen molar-refractivity contribution in [2.45, 2.75) is 45.8 Å². The summed E-state index contributed by atoms with van der Waals surface area (Å²) in [5.41, 5.74) is 6.83. The molecule has 3 amide bonds. The normalized spacial score (nSPS) is 12.2. The van der Waals surface area contributed by atoms with E-state index in [-0.39, 0.29) is 17.8 Å². The molecule has 10 heteroatoms. The monoisotopic (exact) mass is 447 g/mol. The average molecular weight is 448 g/mol. The summed E-state index contributed by atoms with van der Waals surface area (Å²) in [5, 5.41) is 8.44. The maximum Gasteiger partial charge on any atom is 0.319 e. The molecule has 0 radical (unpaired) electrons. The minimum atomic E-state index is -0.560. The Hall–Kier alpha value is -2.69. The van der Waals surface area contributed by atoms with E-state index in [0.717, 1.165) is 13.1 Å². The van der Waals surface area contributed by atoms with Crippen molar-refractivity contribution in [1.29, 1.82) is 0 Å². The number of urea groups is 1. The molecule has 0 saturated heterocycles. The number of anilines is 1. The summed E-state index contributed by atoms with van der Waals surface area (Å²) in [5.74, 6) is -0.0247. The van der Waals surface area contributed by atoms with E-state index < -0.39 is 11.1 Å². The minimum Gasteiger partial charge on any atom is -0.372 e. The molecular weight excluding hydrogens is 410 g/mol. The highest BCUT2D eigenvalue weighted by molar-refractivity contribution is 5.96. The lowest BCUT2D eigenvalue weighted by atomic mass is 10.1. The van der Waals surface area contributed by atoms with Crippen molar-refractivity contribution in [3.63, 3.8) is 0 Å². The molecule has 0 bridgehead atoms. The zero-order valence-electron chi connectivity index (χ0n) is 20.0. The Morgan fingerprint density at radius 1 is 1.22 bits per heavy atom. The Morgan fingerprint density at radius 2 is 1.94 bits per heavy atom. The highest BCUT2D eigenvalue weighted by Gasteiger charge is 2.23. The molecule has 1 aromatic heterocycles. The topological polar surface area (TPSA) is 137 Å². The van der Waals surface area contributed by atoms with Crippen LogP contribution in [0.2, 0.25) is 0 Å². The van der Waals surface area contributed by atoms with Gasteiger partial charge in [-0.25, -0.2) is 9.78 Å². The number of hydrogen-bond donors (Lipinski definition) is 5. The van der Waals surface area contributed by atoms with Crippen molar-refractivity contribution in [3.05, 3.63) is 24.0 Å². The number of nitrogens with two attached hydrogens (primary N) is 1. The molecule has 2 rings (SSSR count). The van der Waals surface area contributed by atoms with Gasteiger partial charge < -0.3 is 36.3 Å². The largest absolute Gasteiger partial charge is 0.372 e. The zero-order valence-corrected chi connectivity index (χ0v) is 20.0. The molecule has 1 heterocycles. The van der Waals surface area contributed by atoms with Crippen LogP contribution in [0.25, 0.3) is 11.0 Å². The van der Waals surface area contributed by atoms with Gasteiger partial charge in [0.05, 0.1) is 23.2 Å². The van der Waals surface area contributed by atoms with Crippen molar-refractivity contribution in [2.24, 2.45) is 5.73 Å². The number of rotatable bonds is 11. The number of fused-ring (bicyclic) bond motifs is 1. The summed E-state index contributed by atoms with van der Waals surface area (Å²) < 4.78 is 5.80. The van der Waals surface area contributed by atoms with Crippen LogP contribution in [0.1, 0.15) is 45.2 Å². The number of ether oxygens (including phenoxy) is 1. The van der Waals surface area contributed by atoms with Gasteiger partial charge in [-0.2, -0.15) is 0 Å². The number of aromatic amines is 1. The number of nitrogens with zero attached hydrogens (tertiary/aromatic N) is 2. The van der Waals surface area contributed by atoms with Crippen molar-refractivity contribution < 1.29 is 14.3 Å². The quantitative estimate of drug-likeness (QED) is 0.357. The number of nitrogens with one attached hydrogen (secondary N) is 4. The first kappa shape index (κ1) is 25.6. The van der Waals surface area contributed by atoms with E-state index in [9.17, 15) is 9.59 Å². The van der Waals surface area contributed by atoms with Crippen LogP contribution in [-0.4, -0.2) is 77.8 Å². The maximum atomic E-state index is 12.3. The van der Waals surface area contributed by atoms with Gasteiger partial charge in [0.2, 0.25) is 0 Å². The van der Waals surface area contributed by atoms with Gasteiger partial charge in [0.1, 0.15) is 0 Å². The second-order valence-electron chi connectivity index (χ2n) is 9.31. The molecule has 32 heavy (non-hydrogen) atoms. The Balaban J connectivity index is 1.90. The predicted molar refractivity (Wildman–Crippen MR) is 127 cm³/mol. The second kappa shape index (κ2) is 10.8. The number of imidazole rings is 1. The van der Waals surface area contributed by atoms with E-state index in [4.69, 9.17) is 10.5 Å². The highest BCUT2D eigenvalue weighted by atomic mass is 16.5. The molecule has 0 spiro atoms. The first-order valence-corrected chi connectivity index (χ1v) is 10.8. The first-order valence-electron chi connectivity index (χ1n) is 10.8. The molecule has 0 aliphatic rings. The van der Waals surface area contributed by atoms with Crippen LogP contribution in [0.15, 0.2) is 18.2 Å². The molecule has 0 aliphatic heterocycles. The third kappa shape index (κ3) is 8.45. The second-order valence-corrected chi connectivity index (χ2v) is 9.31. The summed E-state index contributed by atoms with van der Waals surface area (Å²) in [6.45, 7) is 12.5. The van der Waals surface area contributed by atoms with Crippen molar-refractivity contribution in [3.8, 4) is 0 Å². The Labute approximate surface area is 189 Å². The fraction of sp³-hybridized carbons (Fsp3) is 0.591. The molecule has 2 aromatic rings. The highest BCUT2D eigenvalue weighted by Crippen LogP contribution is 2.17. The van der Waals surface area contributed by atoms with Crippen LogP contribution in [0, 0.1) is 0 Å². The first-order chi connectivity index (χ1) is 14.9. The summed E-state index contributed by atoms with van der Waals surface area (Å²) in [4.78, 5) is 34.1. The van der Waals surface area contributed by atoms with Crippen LogP contribution in [-0.2, 0) is 4.74 Å². The van der Waals surface area contributed by atoms with Gasteiger partial charge in [-0.1, -0.05) is 6.92 Å².